The van der Waals surface area contributed by atoms with Crippen molar-refractivity contribution in [3.8, 4) is 0 Å². The Morgan fingerprint density at radius 2 is 1.10 bits per heavy atom. The van der Waals surface area contributed by atoms with Crippen molar-refractivity contribution in [2.75, 3.05) is 9.80 Å². The lowest BCUT2D eigenvalue weighted by Crippen LogP contribution is -2.67. The molecule has 0 bridgehead atoms. The maximum Gasteiger partial charge on any atom is 0.252 e. The summed E-state index contributed by atoms with van der Waals surface area (Å²) in [5, 5.41) is 0. The zero-order valence-corrected chi connectivity index (χ0v) is 33.2. The molecule has 6 unspecified atom stereocenters. The van der Waals surface area contributed by atoms with Gasteiger partial charge in [0, 0.05) is 33.6 Å². The van der Waals surface area contributed by atoms with Crippen LogP contribution >= 0.6 is 0 Å². The number of benzene rings is 3. The Morgan fingerprint density at radius 3 is 1.66 bits per heavy atom. The number of fused-ring (bicyclic) bond motifs is 11. The molecule has 3 aromatic rings. The highest BCUT2D eigenvalue weighted by molar-refractivity contribution is 7.00. The van der Waals surface area contributed by atoms with Crippen molar-refractivity contribution in [1.29, 1.82) is 0 Å². The minimum absolute atomic E-state index is 0.0542. The van der Waals surface area contributed by atoms with E-state index < -0.39 is 0 Å². The van der Waals surface area contributed by atoms with Crippen LogP contribution in [0.3, 0.4) is 0 Å². The van der Waals surface area contributed by atoms with E-state index in [1.54, 1.807) is 38.9 Å². The molecule has 2 nitrogen and oxygen atoms in total. The lowest BCUT2D eigenvalue weighted by Gasteiger charge is -2.57. The molecule has 10 rings (SSSR count). The van der Waals surface area contributed by atoms with E-state index in [0.717, 1.165) is 11.8 Å². The van der Waals surface area contributed by atoms with Crippen LogP contribution in [0.2, 0.25) is 0 Å². The topological polar surface area (TPSA) is 6.48 Å². The van der Waals surface area contributed by atoms with E-state index in [4.69, 9.17) is 0 Å². The molecule has 262 valence electrons. The van der Waals surface area contributed by atoms with Crippen LogP contribution in [0.25, 0.3) is 0 Å². The van der Waals surface area contributed by atoms with Crippen molar-refractivity contribution < 1.29 is 0 Å². The van der Waals surface area contributed by atoms with Crippen LogP contribution in [0.4, 0.5) is 22.7 Å². The zero-order chi connectivity index (χ0) is 35.1. The van der Waals surface area contributed by atoms with E-state index >= 15 is 0 Å². The van der Waals surface area contributed by atoms with Crippen LogP contribution in [0.1, 0.15) is 161 Å². The zero-order valence-electron chi connectivity index (χ0n) is 33.2. The van der Waals surface area contributed by atoms with Gasteiger partial charge in [0.05, 0.1) is 11.1 Å². The largest absolute Gasteiger partial charge is 0.335 e. The van der Waals surface area contributed by atoms with Crippen LogP contribution in [0, 0.1) is 18.8 Å². The van der Waals surface area contributed by atoms with Gasteiger partial charge in [-0.05, 0) is 125 Å². The van der Waals surface area contributed by atoms with E-state index in [9.17, 15) is 0 Å². The molecule has 0 aromatic heterocycles. The van der Waals surface area contributed by atoms with Crippen molar-refractivity contribution >= 4 is 45.9 Å². The van der Waals surface area contributed by atoms with Gasteiger partial charge >= 0.3 is 0 Å². The fourth-order valence-electron chi connectivity index (χ4n) is 13.4. The van der Waals surface area contributed by atoms with Crippen LogP contribution in [-0.2, 0) is 21.7 Å². The van der Waals surface area contributed by atoms with Gasteiger partial charge in [-0.25, -0.2) is 0 Å². The van der Waals surface area contributed by atoms with E-state index in [2.05, 4.69) is 122 Å². The summed E-state index contributed by atoms with van der Waals surface area (Å²) in [6, 6.07) is 16.0. The van der Waals surface area contributed by atoms with Crippen molar-refractivity contribution in [1.82, 2.24) is 0 Å². The Kier molecular flexibility index (Phi) is 6.05. The molecule has 0 spiro atoms. The maximum atomic E-state index is 3.00. The molecule has 0 N–H and O–H groups in total. The number of hydrogen-bond acceptors (Lipinski definition) is 2. The first-order valence-electron chi connectivity index (χ1n) is 20.6. The van der Waals surface area contributed by atoms with Gasteiger partial charge in [-0.15, -0.1) is 0 Å². The van der Waals surface area contributed by atoms with Gasteiger partial charge in [0.2, 0.25) is 0 Å². The minimum atomic E-state index is 0.0542. The van der Waals surface area contributed by atoms with Gasteiger partial charge in [-0.2, -0.15) is 0 Å². The van der Waals surface area contributed by atoms with E-state index in [1.807, 2.05) is 0 Å². The first-order chi connectivity index (χ1) is 23.4. The van der Waals surface area contributed by atoms with Crippen LogP contribution in [0.5, 0.6) is 0 Å². The third kappa shape index (κ3) is 3.60. The molecule has 4 aliphatic heterocycles. The Labute approximate surface area is 303 Å². The van der Waals surface area contributed by atoms with Gasteiger partial charge in [0.1, 0.15) is 0 Å². The normalized spacial score (nSPS) is 34.5. The molecular weight excluding hydrogens is 603 g/mol. The van der Waals surface area contributed by atoms with Gasteiger partial charge in [0.25, 0.3) is 6.71 Å². The van der Waals surface area contributed by atoms with E-state index in [1.165, 1.54) is 92.3 Å². The van der Waals surface area contributed by atoms with Gasteiger partial charge in [0.15, 0.2) is 0 Å². The fraction of sp³-hybridized carbons (Fsp3) is 0.617. The summed E-state index contributed by atoms with van der Waals surface area (Å²) < 4.78 is 0. The molecule has 3 saturated carbocycles. The standard InChI is InChI=1S/C47H61BN2/c1-28-20-37-39-38(21-28)50-41-34(45(9)26-29-16-12-13-17-30(29)27-47(45,50)11)23-32(43(5,6)7)25-36(41)48(39)35-24-31(42(2,3)4)22-33-40(35)49(37)46(10)19-15-14-18-44(33,46)8/h20-25,29-30H,12-19,26-27H2,1-11H3. The molecule has 3 heteroatoms. The molecule has 7 aliphatic rings. The molecule has 3 aromatic carbocycles. The Morgan fingerprint density at radius 1 is 0.600 bits per heavy atom. The second-order valence-corrected chi connectivity index (χ2v) is 21.4. The van der Waals surface area contributed by atoms with Gasteiger partial charge in [-0.3, -0.25) is 0 Å². The third-order valence-corrected chi connectivity index (χ3v) is 16.7. The highest BCUT2D eigenvalue weighted by Crippen LogP contribution is 2.67. The highest BCUT2D eigenvalue weighted by atomic mass is 15.3. The van der Waals surface area contributed by atoms with Crippen molar-refractivity contribution in [2.24, 2.45) is 11.8 Å². The SMILES string of the molecule is Cc1cc2c3c(c1)N1c4c(cc(C(C)(C)C)cc4C4(C)CC5CCCCC5CC14C)B3c1cc(C(C)(C)C)cc3c1N2C1(C)CCCCC31C. The highest BCUT2D eigenvalue weighted by Gasteiger charge is 2.66. The molecular formula is C47H61BN2. The first kappa shape index (κ1) is 32.0. The van der Waals surface area contributed by atoms with Crippen LogP contribution in [0.15, 0.2) is 36.4 Å². The monoisotopic (exact) mass is 664 g/mol. The second-order valence-electron chi connectivity index (χ2n) is 21.4. The Balaban J connectivity index is 1.35. The number of aryl methyl sites for hydroxylation is 1. The maximum absolute atomic E-state index is 3.00. The lowest BCUT2D eigenvalue weighted by molar-refractivity contribution is 0.0581. The third-order valence-electron chi connectivity index (χ3n) is 16.7. The van der Waals surface area contributed by atoms with Crippen molar-refractivity contribution in [2.45, 2.75) is 173 Å². The smallest absolute Gasteiger partial charge is 0.252 e. The molecule has 6 atom stereocenters. The number of rotatable bonds is 0. The second kappa shape index (κ2) is 9.46. The summed E-state index contributed by atoms with van der Waals surface area (Å²) in [6.45, 7) is 28.0. The predicted octanol–water partition coefficient (Wildman–Crippen LogP) is 10.2. The number of anilines is 4. The summed E-state index contributed by atoms with van der Waals surface area (Å²) >= 11 is 0. The average Bonchev–Trinajstić information content (AvgIpc) is 3.37. The molecule has 3 aliphatic carbocycles. The number of hydrogen-bond donors (Lipinski definition) is 0. The lowest BCUT2D eigenvalue weighted by atomic mass is 9.33. The summed E-state index contributed by atoms with van der Waals surface area (Å²) in [5.74, 6) is 1.71. The molecule has 0 saturated heterocycles. The molecule has 0 amide bonds. The predicted molar refractivity (Wildman–Crippen MR) is 215 cm³/mol. The Hall–Kier alpha value is -2.68. The molecule has 4 heterocycles. The van der Waals surface area contributed by atoms with Crippen LogP contribution < -0.4 is 26.2 Å². The van der Waals surface area contributed by atoms with Crippen molar-refractivity contribution in [3.63, 3.8) is 0 Å². The Bertz CT molecular complexity index is 2010. The molecule has 0 radical (unpaired) electrons. The van der Waals surface area contributed by atoms with Gasteiger partial charge < -0.3 is 9.80 Å². The summed E-state index contributed by atoms with van der Waals surface area (Å²) in [5.41, 5.74) is 19.3. The first-order valence-corrected chi connectivity index (χ1v) is 20.6. The molecule has 50 heavy (non-hydrogen) atoms. The van der Waals surface area contributed by atoms with Gasteiger partial charge in [-0.1, -0.05) is 118 Å². The summed E-state index contributed by atoms with van der Waals surface area (Å²) in [4.78, 5) is 5.94. The minimum Gasteiger partial charge on any atom is -0.335 e. The van der Waals surface area contributed by atoms with Crippen molar-refractivity contribution in [3.05, 3.63) is 64.2 Å². The number of nitrogens with zero attached hydrogens (tertiary/aromatic N) is 2. The van der Waals surface area contributed by atoms with E-state index in [-0.39, 0.29) is 39.5 Å². The average molecular weight is 665 g/mol. The fourth-order valence-corrected chi connectivity index (χ4v) is 13.4. The quantitative estimate of drug-likeness (QED) is 0.221. The molecule has 3 fully saturated rings. The summed E-state index contributed by atoms with van der Waals surface area (Å²) in [7, 11) is 0. The van der Waals surface area contributed by atoms with E-state index in [0.29, 0.717) is 0 Å². The summed E-state index contributed by atoms with van der Waals surface area (Å²) in [6.07, 6.45) is 13.5. The van der Waals surface area contributed by atoms with Crippen LogP contribution in [-0.4, -0.2) is 17.8 Å².